The quantitative estimate of drug-likeness (QED) is 0.757. The molecule has 1 amide bonds. The summed E-state index contributed by atoms with van der Waals surface area (Å²) in [6, 6.07) is 0.482. The van der Waals surface area contributed by atoms with E-state index in [0.717, 1.165) is 32.6 Å². The number of piperidine rings is 1. The Morgan fingerprint density at radius 3 is 2.89 bits per heavy atom. The lowest BCUT2D eigenvalue weighted by atomic mass is 9.95. The van der Waals surface area contributed by atoms with Crippen LogP contribution in [-0.4, -0.2) is 63.9 Å². The van der Waals surface area contributed by atoms with Crippen molar-refractivity contribution in [1.82, 2.24) is 24.8 Å². The van der Waals surface area contributed by atoms with Gasteiger partial charge in [-0.25, -0.2) is 4.68 Å². The number of carbonyl (C=O) groups excluding carboxylic acids is 1. The molecule has 3 rings (SSSR count). The van der Waals surface area contributed by atoms with Crippen LogP contribution >= 0.6 is 0 Å². The number of rotatable bonds is 3. The highest BCUT2D eigenvalue weighted by atomic mass is 16.2. The predicted molar refractivity (Wildman–Crippen MR) is 65.9 cm³/mol. The molecule has 0 aromatic carbocycles. The summed E-state index contributed by atoms with van der Waals surface area (Å²) in [7, 11) is 1.91. The van der Waals surface area contributed by atoms with Crippen molar-refractivity contribution in [2.24, 2.45) is 5.92 Å². The molecule has 6 heteroatoms. The van der Waals surface area contributed by atoms with Crippen LogP contribution in [0.4, 0.5) is 0 Å². The minimum atomic E-state index is 0.287. The molecule has 98 valence electrons. The van der Waals surface area contributed by atoms with Gasteiger partial charge in [-0.1, -0.05) is 5.21 Å². The summed E-state index contributed by atoms with van der Waals surface area (Å²) in [6.07, 6.45) is 5.40. The number of nitrogens with zero attached hydrogens (tertiary/aromatic N) is 5. The van der Waals surface area contributed by atoms with Crippen LogP contribution in [0.25, 0.3) is 0 Å². The summed E-state index contributed by atoms with van der Waals surface area (Å²) in [5, 5.41) is 7.86. The molecule has 2 aliphatic rings. The van der Waals surface area contributed by atoms with Gasteiger partial charge in [-0.3, -0.25) is 9.69 Å². The lowest BCUT2D eigenvalue weighted by molar-refractivity contribution is -0.133. The van der Waals surface area contributed by atoms with Gasteiger partial charge in [-0.2, -0.15) is 0 Å². The molecule has 0 radical (unpaired) electrons. The molecule has 2 aliphatic heterocycles. The lowest BCUT2D eigenvalue weighted by Gasteiger charge is -2.42. The monoisotopic (exact) mass is 249 g/mol. The zero-order valence-corrected chi connectivity index (χ0v) is 10.7. The zero-order valence-electron chi connectivity index (χ0n) is 10.7. The molecule has 1 unspecified atom stereocenters. The van der Waals surface area contributed by atoms with Crippen molar-refractivity contribution < 1.29 is 4.79 Å². The van der Waals surface area contributed by atoms with Crippen LogP contribution in [0, 0.1) is 5.92 Å². The second-order valence-electron chi connectivity index (χ2n) is 5.43. The number of hydrogen-bond donors (Lipinski definition) is 0. The van der Waals surface area contributed by atoms with Gasteiger partial charge < -0.3 is 4.90 Å². The SMILES string of the molecule is CN1CC(CN2CC(n3ccnn3)C2)CCC1=O. The van der Waals surface area contributed by atoms with Crippen LogP contribution in [0.1, 0.15) is 18.9 Å². The van der Waals surface area contributed by atoms with Crippen LogP contribution in [0.2, 0.25) is 0 Å². The Morgan fingerprint density at radius 2 is 2.22 bits per heavy atom. The van der Waals surface area contributed by atoms with Gasteiger partial charge in [0.1, 0.15) is 0 Å². The zero-order chi connectivity index (χ0) is 12.5. The average molecular weight is 249 g/mol. The van der Waals surface area contributed by atoms with Crippen molar-refractivity contribution in [3.63, 3.8) is 0 Å². The summed E-state index contributed by atoms with van der Waals surface area (Å²) in [5.41, 5.74) is 0. The van der Waals surface area contributed by atoms with Gasteiger partial charge >= 0.3 is 0 Å². The van der Waals surface area contributed by atoms with E-state index in [1.165, 1.54) is 0 Å². The Bertz CT molecular complexity index is 412. The number of amides is 1. The molecule has 2 saturated heterocycles. The van der Waals surface area contributed by atoms with Gasteiger partial charge in [-0.15, -0.1) is 5.10 Å². The minimum absolute atomic E-state index is 0.287. The van der Waals surface area contributed by atoms with Crippen molar-refractivity contribution in [2.75, 3.05) is 33.2 Å². The fraction of sp³-hybridized carbons (Fsp3) is 0.750. The normalized spacial score (nSPS) is 26.4. The highest BCUT2D eigenvalue weighted by Crippen LogP contribution is 2.24. The van der Waals surface area contributed by atoms with Crippen LogP contribution in [0.3, 0.4) is 0 Å². The fourth-order valence-corrected chi connectivity index (χ4v) is 2.88. The summed E-state index contributed by atoms with van der Waals surface area (Å²) >= 11 is 0. The van der Waals surface area contributed by atoms with Crippen molar-refractivity contribution in [1.29, 1.82) is 0 Å². The Balaban J connectivity index is 1.45. The number of hydrogen-bond acceptors (Lipinski definition) is 4. The average Bonchev–Trinajstić information content (AvgIpc) is 2.81. The second-order valence-corrected chi connectivity index (χ2v) is 5.43. The summed E-state index contributed by atoms with van der Waals surface area (Å²) in [6.45, 7) is 4.11. The molecular formula is C12H19N5O. The topological polar surface area (TPSA) is 54.3 Å². The molecule has 3 heterocycles. The second kappa shape index (κ2) is 4.68. The molecule has 1 aromatic rings. The van der Waals surface area contributed by atoms with Gasteiger partial charge in [-0.05, 0) is 12.3 Å². The predicted octanol–water partition coefficient (Wildman–Crippen LogP) is 0.00320. The summed E-state index contributed by atoms with van der Waals surface area (Å²) in [4.78, 5) is 15.7. The first-order valence-electron chi connectivity index (χ1n) is 6.54. The molecular weight excluding hydrogens is 230 g/mol. The van der Waals surface area contributed by atoms with E-state index >= 15 is 0 Å². The first-order valence-corrected chi connectivity index (χ1v) is 6.54. The third-order valence-electron chi connectivity index (χ3n) is 3.99. The standard InChI is InChI=1S/C12H19N5O/c1-15-6-10(2-3-12(15)18)7-16-8-11(9-16)17-5-4-13-14-17/h4-5,10-11H,2-3,6-9H2,1H3. The van der Waals surface area contributed by atoms with Crippen molar-refractivity contribution >= 4 is 5.91 Å². The highest BCUT2D eigenvalue weighted by molar-refractivity contribution is 5.76. The summed E-state index contributed by atoms with van der Waals surface area (Å²) < 4.78 is 1.94. The third-order valence-corrected chi connectivity index (χ3v) is 3.99. The van der Waals surface area contributed by atoms with Crippen LogP contribution in [0.15, 0.2) is 12.4 Å². The van der Waals surface area contributed by atoms with E-state index in [1.54, 1.807) is 6.20 Å². The van der Waals surface area contributed by atoms with Crippen molar-refractivity contribution in [3.8, 4) is 0 Å². The van der Waals surface area contributed by atoms with Gasteiger partial charge in [0.25, 0.3) is 0 Å². The smallest absolute Gasteiger partial charge is 0.222 e. The largest absolute Gasteiger partial charge is 0.345 e. The molecule has 0 spiro atoms. The van der Waals surface area contributed by atoms with Gasteiger partial charge in [0, 0.05) is 45.8 Å². The van der Waals surface area contributed by atoms with Crippen molar-refractivity contribution in [3.05, 3.63) is 12.4 Å². The molecule has 18 heavy (non-hydrogen) atoms. The number of carbonyl (C=O) groups is 1. The number of aromatic nitrogens is 3. The van der Waals surface area contributed by atoms with Gasteiger partial charge in [0.2, 0.25) is 5.91 Å². The molecule has 2 fully saturated rings. The molecule has 6 nitrogen and oxygen atoms in total. The molecule has 0 saturated carbocycles. The Kier molecular flexibility index (Phi) is 3.03. The minimum Gasteiger partial charge on any atom is -0.345 e. The highest BCUT2D eigenvalue weighted by Gasteiger charge is 2.32. The van der Waals surface area contributed by atoms with Crippen LogP contribution in [-0.2, 0) is 4.79 Å². The van der Waals surface area contributed by atoms with Crippen LogP contribution < -0.4 is 0 Å². The van der Waals surface area contributed by atoms with E-state index in [2.05, 4.69) is 15.2 Å². The van der Waals surface area contributed by atoms with E-state index in [9.17, 15) is 4.79 Å². The molecule has 1 atom stereocenters. The molecule has 0 aliphatic carbocycles. The molecule has 0 N–H and O–H groups in total. The van der Waals surface area contributed by atoms with E-state index in [-0.39, 0.29) is 5.91 Å². The Hall–Kier alpha value is -1.43. The first kappa shape index (κ1) is 11.6. The van der Waals surface area contributed by atoms with E-state index in [0.29, 0.717) is 18.4 Å². The number of likely N-dealkylation sites (tertiary alicyclic amines) is 2. The maximum absolute atomic E-state index is 11.4. The van der Waals surface area contributed by atoms with E-state index in [1.807, 2.05) is 22.8 Å². The fourth-order valence-electron chi connectivity index (χ4n) is 2.88. The van der Waals surface area contributed by atoms with Gasteiger partial charge in [0.05, 0.1) is 12.2 Å². The maximum atomic E-state index is 11.4. The third kappa shape index (κ3) is 2.25. The lowest BCUT2D eigenvalue weighted by Crippen LogP contribution is -2.51. The maximum Gasteiger partial charge on any atom is 0.222 e. The van der Waals surface area contributed by atoms with Crippen molar-refractivity contribution in [2.45, 2.75) is 18.9 Å². The summed E-state index contributed by atoms with van der Waals surface area (Å²) in [5.74, 6) is 0.916. The molecule has 0 bridgehead atoms. The van der Waals surface area contributed by atoms with Gasteiger partial charge in [0.15, 0.2) is 0 Å². The molecule has 1 aromatic heterocycles. The Morgan fingerprint density at radius 1 is 1.39 bits per heavy atom. The van der Waals surface area contributed by atoms with Crippen LogP contribution in [0.5, 0.6) is 0 Å². The van der Waals surface area contributed by atoms with E-state index in [4.69, 9.17) is 0 Å². The first-order chi connectivity index (χ1) is 8.72. The van der Waals surface area contributed by atoms with E-state index < -0.39 is 0 Å². The Labute approximate surface area is 107 Å².